The summed E-state index contributed by atoms with van der Waals surface area (Å²) < 4.78 is 29.3. The van der Waals surface area contributed by atoms with E-state index in [2.05, 4.69) is 0 Å². The van der Waals surface area contributed by atoms with E-state index in [9.17, 15) is 8.76 Å². The fourth-order valence-electron chi connectivity index (χ4n) is 1.32. The van der Waals surface area contributed by atoms with Crippen LogP contribution >= 0.6 is 7.68 Å². The lowest BCUT2D eigenvalue weighted by Gasteiger charge is -2.17. The molecule has 1 aliphatic carbocycles. The van der Waals surface area contributed by atoms with Gasteiger partial charge in [0.05, 0.1) is 11.8 Å². The second-order valence-corrected chi connectivity index (χ2v) is 5.91. The Balaban J connectivity index is 2.43. The molecule has 0 saturated heterocycles. The van der Waals surface area contributed by atoms with Crippen molar-refractivity contribution in [2.45, 2.75) is 51.3 Å². The molecule has 1 saturated carbocycles. The van der Waals surface area contributed by atoms with E-state index in [0.29, 0.717) is 0 Å². The lowest BCUT2D eigenvalue weighted by atomic mass is 10.3. The maximum atomic E-state index is 13.2. The van der Waals surface area contributed by atoms with Gasteiger partial charge in [-0.25, -0.2) is 0 Å². The molecule has 0 aromatic rings. The lowest BCUT2D eigenvalue weighted by molar-refractivity contribution is 0.192. The summed E-state index contributed by atoms with van der Waals surface area (Å²) >= 11 is 0. The van der Waals surface area contributed by atoms with E-state index in [1.807, 2.05) is 0 Å². The maximum Gasteiger partial charge on any atom is 0.370 e. The van der Waals surface area contributed by atoms with Gasteiger partial charge < -0.3 is 4.52 Å². The Morgan fingerprint density at radius 2 is 1.92 bits per heavy atom. The third-order valence-corrected chi connectivity index (χ3v) is 4.03. The molecular weight excluding hydrogens is 178 g/mol. The third kappa shape index (κ3) is 2.56. The van der Waals surface area contributed by atoms with Crippen molar-refractivity contribution in [3.8, 4) is 0 Å². The van der Waals surface area contributed by atoms with Crippen LogP contribution in [-0.2, 0) is 9.09 Å². The Labute approximate surface area is 73.1 Å². The molecule has 1 aliphatic rings. The normalized spacial score (nSPS) is 24.7. The smallest absolute Gasteiger partial charge is 0.302 e. The monoisotopic (exact) mass is 194 g/mol. The van der Waals surface area contributed by atoms with Crippen molar-refractivity contribution in [1.29, 1.82) is 0 Å². The van der Waals surface area contributed by atoms with Crippen molar-refractivity contribution in [3.05, 3.63) is 0 Å². The topological polar surface area (TPSA) is 26.3 Å². The zero-order valence-electron chi connectivity index (χ0n) is 7.62. The van der Waals surface area contributed by atoms with Gasteiger partial charge in [-0.15, -0.1) is 0 Å². The van der Waals surface area contributed by atoms with Gasteiger partial charge in [0.25, 0.3) is 0 Å². The summed E-state index contributed by atoms with van der Waals surface area (Å²) in [5, 5.41) is 0. The zero-order chi connectivity index (χ0) is 9.19. The Morgan fingerprint density at radius 3 is 2.33 bits per heavy atom. The first-order valence-electron chi connectivity index (χ1n) is 4.50. The summed E-state index contributed by atoms with van der Waals surface area (Å²) in [6.45, 7) is 3.19. The largest absolute Gasteiger partial charge is 0.370 e. The van der Waals surface area contributed by atoms with Gasteiger partial charge in [-0.1, -0.05) is 26.7 Å². The number of rotatable bonds is 3. The standard InChI is InChI=1S/C8H16FO2P/c1-7(2)12(9,10)11-8-5-3-4-6-8/h7-8H,3-6H2,1-2H3. The van der Waals surface area contributed by atoms with Crippen LogP contribution in [0.15, 0.2) is 0 Å². The fourth-order valence-corrected chi connectivity index (χ4v) is 2.18. The summed E-state index contributed by atoms with van der Waals surface area (Å²) in [7, 11) is -3.81. The van der Waals surface area contributed by atoms with Crippen LogP contribution in [0, 0.1) is 0 Å². The highest BCUT2D eigenvalue weighted by atomic mass is 31.2. The Morgan fingerprint density at radius 1 is 1.42 bits per heavy atom. The minimum atomic E-state index is -3.81. The van der Waals surface area contributed by atoms with Crippen molar-refractivity contribution in [2.75, 3.05) is 0 Å². The number of hydrogen-bond acceptors (Lipinski definition) is 2. The van der Waals surface area contributed by atoms with E-state index in [1.54, 1.807) is 13.8 Å². The third-order valence-electron chi connectivity index (χ3n) is 2.21. The van der Waals surface area contributed by atoms with Crippen LogP contribution in [0.3, 0.4) is 0 Å². The summed E-state index contributed by atoms with van der Waals surface area (Å²) in [5.41, 5.74) is -0.502. The minimum absolute atomic E-state index is 0.0942. The molecule has 12 heavy (non-hydrogen) atoms. The molecule has 0 N–H and O–H groups in total. The molecule has 0 spiro atoms. The molecular formula is C8H16FO2P. The molecule has 0 radical (unpaired) electrons. The summed E-state index contributed by atoms with van der Waals surface area (Å²) in [6, 6.07) is 0. The van der Waals surface area contributed by atoms with Gasteiger partial charge in [0.1, 0.15) is 0 Å². The maximum absolute atomic E-state index is 13.2. The number of hydrogen-bond donors (Lipinski definition) is 0. The Bertz CT molecular complexity index is 187. The van der Waals surface area contributed by atoms with E-state index in [1.165, 1.54) is 0 Å². The van der Waals surface area contributed by atoms with Crippen LogP contribution < -0.4 is 0 Å². The first-order chi connectivity index (χ1) is 5.52. The molecule has 0 aliphatic heterocycles. The van der Waals surface area contributed by atoms with Gasteiger partial charge in [0.15, 0.2) is 0 Å². The van der Waals surface area contributed by atoms with Crippen LogP contribution in [0.25, 0.3) is 0 Å². The van der Waals surface area contributed by atoms with Gasteiger partial charge >= 0.3 is 7.68 Å². The Hall–Kier alpha value is 0.120. The zero-order valence-corrected chi connectivity index (χ0v) is 8.52. The second-order valence-electron chi connectivity index (χ2n) is 3.63. The van der Waals surface area contributed by atoms with Gasteiger partial charge in [-0.2, -0.15) is 4.20 Å². The van der Waals surface area contributed by atoms with Crippen molar-refractivity contribution in [1.82, 2.24) is 0 Å². The molecule has 2 nitrogen and oxygen atoms in total. The predicted molar refractivity (Wildman–Crippen MR) is 47.2 cm³/mol. The average molecular weight is 194 g/mol. The molecule has 1 unspecified atom stereocenters. The highest BCUT2D eigenvalue weighted by molar-refractivity contribution is 7.54. The quantitative estimate of drug-likeness (QED) is 0.642. The number of halogens is 1. The van der Waals surface area contributed by atoms with Crippen LogP contribution in [0.4, 0.5) is 4.20 Å². The molecule has 4 heteroatoms. The van der Waals surface area contributed by atoms with Crippen LogP contribution in [0.1, 0.15) is 39.5 Å². The van der Waals surface area contributed by atoms with Crippen molar-refractivity contribution in [3.63, 3.8) is 0 Å². The van der Waals surface area contributed by atoms with E-state index in [-0.39, 0.29) is 6.10 Å². The molecule has 72 valence electrons. The first-order valence-corrected chi connectivity index (χ1v) is 6.08. The van der Waals surface area contributed by atoms with Crippen molar-refractivity contribution in [2.24, 2.45) is 0 Å². The fraction of sp³-hybridized carbons (Fsp3) is 1.00. The minimum Gasteiger partial charge on any atom is -0.302 e. The summed E-state index contributed by atoms with van der Waals surface area (Å²) in [6.07, 6.45) is 3.77. The van der Waals surface area contributed by atoms with Gasteiger partial charge in [0, 0.05) is 0 Å². The molecule has 1 fully saturated rings. The Kier molecular flexibility index (Phi) is 3.30. The van der Waals surface area contributed by atoms with E-state index < -0.39 is 13.3 Å². The molecule has 0 aromatic heterocycles. The molecule has 0 heterocycles. The van der Waals surface area contributed by atoms with Crippen LogP contribution in [-0.4, -0.2) is 11.8 Å². The lowest BCUT2D eigenvalue weighted by Crippen LogP contribution is -2.08. The van der Waals surface area contributed by atoms with E-state index in [4.69, 9.17) is 4.52 Å². The first kappa shape index (κ1) is 10.2. The molecule has 0 bridgehead atoms. The molecule has 0 amide bonds. The van der Waals surface area contributed by atoms with Crippen molar-refractivity contribution >= 4 is 7.68 Å². The van der Waals surface area contributed by atoms with E-state index >= 15 is 0 Å². The van der Waals surface area contributed by atoms with Crippen LogP contribution in [0.5, 0.6) is 0 Å². The molecule has 0 aromatic carbocycles. The highest BCUT2D eigenvalue weighted by Gasteiger charge is 2.32. The van der Waals surface area contributed by atoms with E-state index in [0.717, 1.165) is 25.7 Å². The van der Waals surface area contributed by atoms with Crippen LogP contribution in [0.2, 0.25) is 0 Å². The molecule has 1 rings (SSSR count). The molecule has 1 atom stereocenters. The van der Waals surface area contributed by atoms with Gasteiger partial charge in [-0.05, 0) is 12.8 Å². The van der Waals surface area contributed by atoms with Crippen molar-refractivity contribution < 1.29 is 13.3 Å². The van der Waals surface area contributed by atoms with Gasteiger partial charge in [0.2, 0.25) is 0 Å². The summed E-state index contributed by atoms with van der Waals surface area (Å²) in [4.78, 5) is 0. The second kappa shape index (κ2) is 3.89. The highest BCUT2D eigenvalue weighted by Crippen LogP contribution is 2.55. The van der Waals surface area contributed by atoms with Gasteiger partial charge in [-0.3, -0.25) is 4.57 Å². The SMILES string of the molecule is CC(C)P(=O)(F)OC1CCCC1. The summed E-state index contributed by atoms with van der Waals surface area (Å²) in [5.74, 6) is 0. The predicted octanol–water partition coefficient (Wildman–Crippen LogP) is 3.52. The average Bonchev–Trinajstić information content (AvgIpc) is 2.38.